The van der Waals surface area contributed by atoms with Gasteiger partial charge in [0.25, 0.3) is 0 Å². The summed E-state index contributed by atoms with van der Waals surface area (Å²) in [6, 6.07) is 13.1. The molecule has 0 aliphatic carbocycles. The molecular formula is C16H12Cl2N2OS. The van der Waals surface area contributed by atoms with Crippen molar-refractivity contribution in [2.45, 2.75) is 0 Å². The summed E-state index contributed by atoms with van der Waals surface area (Å²) in [7, 11) is 1.65. The topological polar surface area (TPSA) is 34.1 Å². The van der Waals surface area contributed by atoms with Gasteiger partial charge in [0.15, 0.2) is 5.13 Å². The van der Waals surface area contributed by atoms with Gasteiger partial charge < -0.3 is 10.1 Å². The average molecular weight is 351 g/mol. The Morgan fingerprint density at radius 3 is 2.36 bits per heavy atom. The minimum atomic E-state index is 0.564. The molecule has 3 rings (SSSR count). The second-order valence-corrected chi connectivity index (χ2v) is 6.16. The number of methoxy groups -OCH3 is 1. The molecule has 2 aromatic carbocycles. The van der Waals surface area contributed by atoms with E-state index in [9.17, 15) is 0 Å². The van der Waals surface area contributed by atoms with Crippen molar-refractivity contribution >= 4 is 45.4 Å². The molecule has 0 aliphatic heterocycles. The maximum absolute atomic E-state index is 6.15. The van der Waals surface area contributed by atoms with Gasteiger partial charge in [0.05, 0.1) is 28.5 Å². The standard InChI is InChI=1S/C16H12Cl2N2OS/c1-21-11-7-5-10(6-8-11)14-9-22-16(19-14)20-15-12(17)3-2-4-13(15)18/h2-9H,1H3,(H,19,20). The summed E-state index contributed by atoms with van der Waals surface area (Å²) in [4.78, 5) is 4.56. The van der Waals surface area contributed by atoms with Crippen molar-refractivity contribution in [2.75, 3.05) is 12.4 Å². The lowest BCUT2D eigenvalue weighted by molar-refractivity contribution is 0.415. The third kappa shape index (κ3) is 3.19. The zero-order valence-corrected chi connectivity index (χ0v) is 14.0. The van der Waals surface area contributed by atoms with Gasteiger partial charge in [-0.3, -0.25) is 0 Å². The Morgan fingerprint density at radius 1 is 1.05 bits per heavy atom. The fraction of sp³-hybridized carbons (Fsp3) is 0.0625. The van der Waals surface area contributed by atoms with E-state index < -0.39 is 0 Å². The molecule has 0 radical (unpaired) electrons. The van der Waals surface area contributed by atoms with Crippen LogP contribution in [-0.4, -0.2) is 12.1 Å². The van der Waals surface area contributed by atoms with Gasteiger partial charge in [0, 0.05) is 10.9 Å². The zero-order valence-electron chi connectivity index (χ0n) is 11.6. The van der Waals surface area contributed by atoms with Gasteiger partial charge in [-0.1, -0.05) is 29.3 Å². The second kappa shape index (κ2) is 6.57. The van der Waals surface area contributed by atoms with E-state index in [4.69, 9.17) is 27.9 Å². The van der Waals surface area contributed by atoms with Crippen LogP contribution in [0.3, 0.4) is 0 Å². The molecule has 0 spiro atoms. The van der Waals surface area contributed by atoms with Crippen molar-refractivity contribution in [3.05, 3.63) is 57.9 Å². The average Bonchev–Trinajstić information content (AvgIpc) is 3.00. The van der Waals surface area contributed by atoms with Crippen molar-refractivity contribution in [2.24, 2.45) is 0 Å². The lowest BCUT2D eigenvalue weighted by atomic mass is 10.2. The molecule has 0 saturated carbocycles. The van der Waals surface area contributed by atoms with Crippen LogP contribution in [0.15, 0.2) is 47.8 Å². The quantitative estimate of drug-likeness (QED) is 0.638. The number of hydrogen-bond donors (Lipinski definition) is 1. The van der Waals surface area contributed by atoms with Crippen LogP contribution < -0.4 is 10.1 Å². The fourth-order valence-electron chi connectivity index (χ4n) is 1.95. The van der Waals surface area contributed by atoms with Crippen molar-refractivity contribution in [3.63, 3.8) is 0 Å². The molecule has 1 heterocycles. The number of rotatable bonds is 4. The van der Waals surface area contributed by atoms with E-state index in [2.05, 4.69) is 10.3 Å². The summed E-state index contributed by atoms with van der Waals surface area (Å²) in [5.41, 5.74) is 2.58. The molecule has 6 heteroatoms. The Labute approximate surface area is 142 Å². The van der Waals surface area contributed by atoms with Crippen LogP contribution >= 0.6 is 34.5 Å². The van der Waals surface area contributed by atoms with Gasteiger partial charge in [0.1, 0.15) is 5.75 Å². The third-order valence-electron chi connectivity index (χ3n) is 3.08. The molecular weight excluding hydrogens is 339 g/mol. The molecule has 1 N–H and O–H groups in total. The number of nitrogens with one attached hydrogen (secondary N) is 1. The first-order valence-corrected chi connectivity index (χ1v) is 8.12. The Balaban J connectivity index is 1.84. The predicted molar refractivity (Wildman–Crippen MR) is 93.8 cm³/mol. The highest BCUT2D eigenvalue weighted by molar-refractivity contribution is 7.14. The molecule has 22 heavy (non-hydrogen) atoms. The van der Waals surface area contributed by atoms with E-state index in [1.807, 2.05) is 29.6 Å². The number of nitrogens with zero attached hydrogens (tertiary/aromatic N) is 1. The number of para-hydroxylation sites is 1. The van der Waals surface area contributed by atoms with E-state index >= 15 is 0 Å². The van der Waals surface area contributed by atoms with E-state index in [1.165, 1.54) is 11.3 Å². The molecule has 0 unspecified atom stereocenters. The van der Waals surface area contributed by atoms with E-state index in [1.54, 1.807) is 25.3 Å². The fourth-order valence-corrected chi connectivity index (χ4v) is 3.17. The molecule has 0 atom stereocenters. The van der Waals surface area contributed by atoms with Gasteiger partial charge in [-0.25, -0.2) is 4.98 Å². The third-order valence-corrected chi connectivity index (χ3v) is 4.47. The summed E-state index contributed by atoms with van der Waals surface area (Å²) < 4.78 is 5.16. The van der Waals surface area contributed by atoms with Crippen LogP contribution in [0.5, 0.6) is 5.75 Å². The number of anilines is 2. The maximum atomic E-state index is 6.15. The Kier molecular flexibility index (Phi) is 4.52. The van der Waals surface area contributed by atoms with Crippen molar-refractivity contribution in [3.8, 4) is 17.0 Å². The number of aromatic nitrogens is 1. The monoisotopic (exact) mass is 350 g/mol. The summed E-state index contributed by atoms with van der Waals surface area (Å²) in [6.07, 6.45) is 0. The number of hydrogen-bond acceptors (Lipinski definition) is 4. The first-order valence-electron chi connectivity index (χ1n) is 6.48. The van der Waals surface area contributed by atoms with Gasteiger partial charge in [-0.05, 0) is 36.4 Å². The lowest BCUT2D eigenvalue weighted by Gasteiger charge is -2.07. The largest absolute Gasteiger partial charge is 0.497 e. The summed E-state index contributed by atoms with van der Waals surface area (Å²) in [5.74, 6) is 0.820. The van der Waals surface area contributed by atoms with Crippen molar-refractivity contribution in [1.29, 1.82) is 0 Å². The predicted octanol–water partition coefficient (Wildman–Crippen LogP) is 5.87. The summed E-state index contributed by atoms with van der Waals surface area (Å²) >= 11 is 13.8. The normalized spacial score (nSPS) is 10.5. The van der Waals surface area contributed by atoms with E-state index in [-0.39, 0.29) is 0 Å². The molecule has 3 aromatic rings. The van der Waals surface area contributed by atoms with Gasteiger partial charge >= 0.3 is 0 Å². The SMILES string of the molecule is COc1ccc(-c2csc(Nc3c(Cl)cccc3Cl)n2)cc1. The first kappa shape index (κ1) is 15.2. The van der Waals surface area contributed by atoms with Gasteiger partial charge in [-0.2, -0.15) is 0 Å². The molecule has 0 aliphatic rings. The minimum absolute atomic E-state index is 0.564. The maximum Gasteiger partial charge on any atom is 0.187 e. The molecule has 0 fully saturated rings. The zero-order chi connectivity index (χ0) is 15.5. The van der Waals surface area contributed by atoms with Crippen LogP contribution in [0, 0.1) is 0 Å². The van der Waals surface area contributed by atoms with Crippen LogP contribution in [0.1, 0.15) is 0 Å². The molecule has 0 saturated heterocycles. The number of benzene rings is 2. The van der Waals surface area contributed by atoms with Crippen LogP contribution in [0.2, 0.25) is 10.0 Å². The van der Waals surface area contributed by atoms with Crippen molar-refractivity contribution in [1.82, 2.24) is 4.98 Å². The van der Waals surface area contributed by atoms with E-state index in [0.717, 1.165) is 22.1 Å². The highest BCUT2D eigenvalue weighted by atomic mass is 35.5. The first-order chi connectivity index (χ1) is 10.7. The van der Waals surface area contributed by atoms with Crippen molar-refractivity contribution < 1.29 is 4.74 Å². The number of halogens is 2. The molecule has 0 bridgehead atoms. The number of ether oxygens (including phenoxy) is 1. The number of thiazole rings is 1. The van der Waals surface area contributed by atoms with Gasteiger partial charge in [-0.15, -0.1) is 11.3 Å². The molecule has 3 nitrogen and oxygen atoms in total. The Morgan fingerprint density at radius 2 is 1.73 bits per heavy atom. The molecule has 0 amide bonds. The Hall–Kier alpha value is -1.75. The van der Waals surface area contributed by atoms with Gasteiger partial charge in [0.2, 0.25) is 0 Å². The van der Waals surface area contributed by atoms with E-state index in [0.29, 0.717) is 15.7 Å². The van der Waals surface area contributed by atoms with Crippen LogP contribution in [-0.2, 0) is 0 Å². The molecule has 1 aromatic heterocycles. The lowest BCUT2D eigenvalue weighted by Crippen LogP contribution is -1.91. The van der Waals surface area contributed by atoms with Crippen LogP contribution in [0.4, 0.5) is 10.8 Å². The summed E-state index contributed by atoms with van der Waals surface area (Å²) in [5, 5.41) is 7.02. The smallest absolute Gasteiger partial charge is 0.187 e. The Bertz CT molecular complexity index is 767. The highest BCUT2D eigenvalue weighted by Crippen LogP contribution is 2.34. The summed E-state index contributed by atoms with van der Waals surface area (Å²) in [6.45, 7) is 0. The van der Waals surface area contributed by atoms with Crippen LogP contribution in [0.25, 0.3) is 11.3 Å². The minimum Gasteiger partial charge on any atom is -0.497 e. The highest BCUT2D eigenvalue weighted by Gasteiger charge is 2.09. The second-order valence-electron chi connectivity index (χ2n) is 4.49. The molecule has 112 valence electrons.